The molecule has 3 atom stereocenters. The fourth-order valence-corrected chi connectivity index (χ4v) is 4.03. The van der Waals surface area contributed by atoms with E-state index in [9.17, 15) is 0 Å². The van der Waals surface area contributed by atoms with E-state index in [1.165, 1.54) is 51.5 Å². The molecule has 3 fully saturated rings. The van der Waals surface area contributed by atoms with Crippen LogP contribution in [0.15, 0.2) is 0 Å². The van der Waals surface area contributed by atoms with Crippen molar-refractivity contribution in [2.45, 2.75) is 69.6 Å². The molecule has 1 aliphatic carbocycles. The van der Waals surface area contributed by atoms with Crippen LogP contribution in [0.1, 0.15) is 51.9 Å². The van der Waals surface area contributed by atoms with E-state index in [1.807, 2.05) is 0 Å². The molecule has 0 bridgehead atoms. The molecule has 3 rings (SSSR count). The Labute approximate surface area is 111 Å². The average Bonchev–Trinajstić information content (AvgIpc) is 2.96. The van der Waals surface area contributed by atoms with Gasteiger partial charge in [0.25, 0.3) is 0 Å². The molecule has 2 N–H and O–H groups in total. The van der Waals surface area contributed by atoms with Gasteiger partial charge in [0.15, 0.2) is 0 Å². The summed E-state index contributed by atoms with van der Waals surface area (Å²) in [5.41, 5.74) is 6.46. The van der Waals surface area contributed by atoms with Crippen molar-refractivity contribution in [1.82, 2.24) is 4.90 Å². The van der Waals surface area contributed by atoms with Crippen LogP contribution < -0.4 is 5.73 Å². The summed E-state index contributed by atoms with van der Waals surface area (Å²) in [6.45, 7) is 5.67. The number of ether oxygens (including phenoxy) is 1. The predicted octanol–water partition coefficient (Wildman–Crippen LogP) is 2.15. The molecule has 2 saturated heterocycles. The lowest BCUT2D eigenvalue weighted by atomic mass is 9.94. The molecule has 2 aliphatic heterocycles. The van der Waals surface area contributed by atoms with Crippen molar-refractivity contribution in [1.29, 1.82) is 0 Å². The van der Waals surface area contributed by atoms with Crippen LogP contribution in [0.2, 0.25) is 0 Å². The third-order valence-corrected chi connectivity index (χ3v) is 5.42. The van der Waals surface area contributed by atoms with Gasteiger partial charge >= 0.3 is 0 Å². The second-order valence-corrected chi connectivity index (χ2v) is 6.86. The van der Waals surface area contributed by atoms with Gasteiger partial charge in [0.2, 0.25) is 0 Å². The minimum absolute atomic E-state index is 0.288. The van der Waals surface area contributed by atoms with Crippen molar-refractivity contribution in [2.24, 2.45) is 11.7 Å². The van der Waals surface area contributed by atoms with Gasteiger partial charge in [0.1, 0.15) is 0 Å². The Morgan fingerprint density at radius 2 is 2.00 bits per heavy atom. The first-order valence-corrected chi connectivity index (χ1v) is 7.83. The number of hydrogen-bond donors (Lipinski definition) is 1. The van der Waals surface area contributed by atoms with Crippen LogP contribution in [0.25, 0.3) is 0 Å². The molecular weight excluding hydrogens is 224 g/mol. The number of rotatable bonds is 2. The zero-order valence-corrected chi connectivity index (χ0v) is 11.7. The standard InChI is InChI=1S/C15H28N2O/c1-12-5-9-17(11-14(12)16)10-13-4-8-15(18-13)6-2-3-7-15/h12-14H,2-11,16H2,1H3. The van der Waals surface area contributed by atoms with E-state index in [-0.39, 0.29) is 5.60 Å². The molecule has 0 aromatic carbocycles. The SMILES string of the molecule is CC1CCN(CC2CCC3(CCCC3)O2)CC1N. The van der Waals surface area contributed by atoms with E-state index in [0.717, 1.165) is 13.1 Å². The highest BCUT2D eigenvalue weighted by Gasteiger charge is 2.42. The predicted molar refractivity (Wildman–Crippen MR) is 73.5 cm³/mol. The van der Waals surface area contributed by atoms with Crippen LogP contribution in [0.5, 0.6) is 0 Å². The second kappa shape index (κ2) is 5.10. The van der Waals surface area contributed by atoms with Gasteiger partial charge in [-0.1, -0.05) is 19.8 Å². The molecule has 3 nitrogen and oxygen atoms in total. The first-order chi connectivity index (χ1) is 8.67. The molecule has 0 radical (unpaired) electrons. The molecule has 18 heavy (non-hydrogen) atoms. The molecule has 3 aliphatic rings. The van der Waals surface area contributed by atoms with Crippen LogP contribution in [0.4, 0.5) is 0 Å². The fraction of sp³-hybridized carbons (Fsp3) is 1.00. The van der Waals surface area contributed by atoms with Crippen molar-refractivity contribution in [3.05, 3.63) is 0 Å². The third-order valence-electron chi connectivity index (χ3n) is 5.42. The van der Waals surface area contributed by atoms with E-state index < -0.39 is 0 Å². The largest absolute Gasteiger partial charge is 0.370 e. The normalized spacial score (nSPS) is 40.7. The molecule has 0 amide bonds. The van der Waals surface area contributed by atoms with E-state index in [1.54, 1.807) is 0 Å². The summed E-state index contributed by atoms with van der Waals surface area (Å²) in [7, 11) is 0. The van der Waals surface area contributed by atoms with E-state index in [0.29, 0.717) is 18.1 Å². The lowest BCUT2D eigenvalue weighted by Gasteiger charge is -2.36. The Balaban J connectivity index is 1.49. The van der Waals surface area contributed by atoms with Crippen LogP contribution in [0, 0.1) is 5.92 Å². The zero-order chi connectivity index (χ0) is 12.6. The Hall–Kier alpha value is -0.120. The monoisotopic (exact) mass is 252 g/mol. The molecule has 3 unspecified atom stereocenters. The smallest absolute Gasteiger partial charge is 0.0710 e. The van der Waals surface area contributed by atoms with Gasteiger partial charge in [0, 0.05) is 19.1 Å². The van der Waals surface area contributed by atoms with Crippen LogP contribution in [-0.4, -0.2) is 42.3 Å². The van der Waals surface area contributed by atoms with Crippen LogP contribution in [-0.2, 0) is 4.74 Å². The van der Waals surface area contributed by atoms with Gasteiger partial charge in [-0.3, -0.25) is 4.90 Å². The van der Waals surface area contributed by atoms with Gasteiger partial charge < -0.3 is 10.5 Å². The molecular formula is C15H28N2O. The maximum absolute atomic E-state index is 6.39. The van der Waals surface area contributed by atoms with Gasteiger partial charge in [0.05, 0.1) is 11.7 Å². The van der Waals surface area contributed by atoms with Crippen molar-refractivity contribution in [3.8, 4) is 0 Å². The minimum Gasteiger partial charge on any atom is -0.370 e. The summed E-state index contributed by atoms with van der Waals surface area (Å²) in [6, 6.07) is 0.362. The van der Waals surface area contributed by atoms with E-state index >= 15 is 0 Å². The van der Waals surface area contributed by atoms with Gasteiger partial charge in [-0.15, -0.1) is 0 Å². The maximum Gasteiger partial charge on any atom is 0.0710 e. The summed E-state index contributed by atoms with van der Waals surface area (Å²) in [4.78, 5) is 2.53. The summed E-state index contributed by atoms with van der Waals surface area (Å²) >= 11 is 0. The highest BCUT2D eigenvalue weighted by atomic mass is 16.5. The van der Waals surface area contributed by atoms with Crippen LogP contribution in [0.3, 0.4) is 0 Å². The summed E-state index contributed by atoms with van der Waals surface area (Å²) in [5.74, 6) is 0.687. The molecule has 2 heterocycles. The molecule has 3 heteroatoms. The van der Waals surface area contributed by atoms with Crippen molar-refractivity contribution >= 4 is 0 Å². The number of nitrogens with zero attached hydrogens (tertiary/aromatic N) is 1. The van der Waals surface area contributed by atoms with Gasteiger partial charge in [-0.25, -0.2) is 0 Å². The topological polar surface area (TPSA) is 38.5 Å². The highest BCUT2D eigenvalue weighted by molar-refractivity contribution is 4.94. The first kappa shape index (κ1) is 12.9. The summed E-state index contributed by atoms with van der Waals surface area (Å²) in [5, 5.41) is 0. The third kappa shape index (κ3) is 2.59. The fourth-order valence-electron chi connectivity index (χ4n) is 4.03. The number of hydrogen-bond acceptors (Lipinski definition) is 3. The maximum atomic E-state index is 6.39. The molecule has 0 aromatic heterocycles. The minimum atomic E-state index is 0.288. The summed E-state index contributed by atoms with van der Waals surface area (Å²) < 4.78 is 6.39. The van der Waals surface area contributed by atoms with E-state index in [4.69, 9.17) is 10.5 Å². The number of piperidine rings is 1. The first-order valence-electron chi connectivity index (χ1n) is 7.83. The average molecular weight is 252 g/mol. The lowest BCUT2D eigenvalue weighted by Crippen LogP contribution is -2.49. The van der Waals surface area contributed by atoms with Crippen molar-refractivity contribution in [3.63, 3.8) is 0 Å². The van der Waals surface area contributed by atoms with Crippen molar-refractivity contribution < 1.29 is 4.74 Å². The van der Waals surface area contributed by atoms with Crippen molar-refractivity contribution in [2.75, 3.05) is 19.6 Å². The Bertz CT molecular complexity index is 288. The number of likely N-dealkylation sites (tertiary alicyclic amines) is 1. The molecule has 104 valence electrons. The molecule has 1 spiro atoms. The Kier molecular flexibility index (Phi) is 3.65. The Morgan fingerprint density at radius 3 is 2.72 bits per heavy atom. The van der Waals surface area contributed by atoms with Gasteiger partial charge in [-0.05, 0) is 44.6 Å². The lowest BCUT2D eigenvalue weighted by molar-refractivity contribution is -0.0504. The summed E-state index contributed by atoms with van der Waals surface area (Å²) in [6.07, 6.45) is 9.65. The Morgan fingerprint density at radius 1 is 1.22 bits per heavy atom. The number of nitrogens with two attached hydrogens (primary N) is 1. The second-order valence-electron chi connectivity index (χ2n) is 6.86. The van der Waals surface area contributed by atoms with E-state index in [2.05, 4.69) is 11.8 Å². The van der Waals surface area contributed by atoms with Crippen LogP contribution >= 0.6 is 0 Å². The quantitative estimate of drug-likeness (QED) is 0.818. The molecule has 0 aromatic rings. The zero-order valence-electron chi connectivity index (χ0n) is 11.7. The van der Waals surface area contributed by atoms with Gasteiger partial charge in [-0.2, -0.15) is 0 Å². The highest BCUT2D eigenvalue weighted by Crippen LogP contribution is 2.43. The molecule has 1 saturated carbocycles.